The van der Waals surface area contributed by atoms with E-state index in [0.29, 0.717) is 6.04 Å². The predicted molar refractivity (Wildman–Crippen MR) is 85.3 cm³/mol. The molecule has 0 spiro atoms. The van der Waals surface area contributed by atoms with E-state index in [4.69, 9.17) is 4.74 Å². The normalized spacial score (nSPS) is 17.6. The van der Waals surface area contributed by atoms with Gasteiger partial charge in [-0.15, -0.1) is 0 Å². The topological polar surface area (TPSA) is 21.3 Å². The summed E-state index contributed by atoms with van der Waals surface area (Å²) in [5.74, 6) is 0.935. The highest BCUT2D eigenvalue weighted by Gasteiger charge is 2.21. The molecule has 20 heavy (non-hydrogen) atoms. The third-order valence-corrected chi connectivity index (χ3v) is 4.67. The highest BCUT2D eigenvalue weighted by atomic mass is 79.9. The van der Waals surface area contributed by atoms with Gasteiger partial charge in [0.2, 0.25) is 0 Å². The number of hydrogen-bond acceptors (Lipinski definition) is 2. The molecule has 2 nitrogen and oxygen atoms in total. The van der Waals surface area contributed by atoms with Gasteiger partial charge < -0.3 is 10.1 Å². The van der Waals surface area contributed by atoms with Crippen molar-refractivity contribution in [2.45, 2.75) is 18.9 Å². The largest absolute Gasteiger partial charge is 0.497 e. The molecular weight excluding hydrogens is 314 g/mol. The maximum atomic E-state index is 5.37. The van der Waals surface area contributed by atoms with Gasteiger partial charge >= 0.3 is 0 Å². The van der Waals surface area contributed by atoms with E-state index in [9.17, 15) is 0 Å². The van der Waals surface area contributed by atoms with E-state index >= 15 is 0 Å². The fourth-order valence-electron chi connectivity index (χ4n) is 2.81. The van der Waals surface area contributed by atoms with Crippen molar-refractivity contribution >= 4 is 15.9 Å². The van der Waals surface area contributed by atoms with Gasteiger partial charge in [-0.3, -0.25) is 0 Å². The third kappa shape index (κ3) is 2.74. The second-order valence-electron chi connectivity index (χ2n) is 5.12. The summed E-state index contributed by atoms with van der Waals surface area (Å²) in [6.07, 6.45) is 2.08. The third-order valence-electron chi connectivity index (χ3n) is 3.90. The van der Waals surface area contributed by atoms with Crippen LogP contribution in [0.15, 0.2) is 46.9 Å². The van der Waals surface area contributed by atoms with E-state index in [2.05, 4.69) is 63.7 Å². The van der Waals surface area contributed by atoms with Crippen molar-refractivity contribution in [3.8, 4) is 5.75 Å². The summed E-state index contributed by atoms with van der Waals surface area (Å²) >= 11 is 3.64. The molecule has 104 valence electrons. The Morgan fingerprint density at radius 1 is 1.25 bits per heavy atom. The van der Waals surface area contributed by atoms with Crippen molar-refractivity contribution in [1.82, 2.24) is 5.32 Å². The van der Waals surface area contributed by atoms with E-state index < -0.39 is 0 Å². The molecule has 2 aromatic carbocycles. The Balaban J connectivity index is 1.91. The van der Waals surface area contributed by atoms with Crippen molar-refractivity contribution < 1.29 is 4.74 Å². The summed E-state index contributed by atoms with van der Waals surface area (Å²) in [5, 5.41) is 3.63. The molecule has 0 saturated carbocycles. The number of methoxy groups -OCH3 is 1. The van der Waals surface area contributed by atoms with Crippen LogP contribution in [0.1, 0.15) is 22.7 Å². The molecule has 1 heterocycles. The van der Waals surface area contributed by atoms with Crippen molar-refractivity contribution in [1.29, 1.82) is 0 Å². The number of hydrogen-bond donors (Lipinski definition) is 1. The summed E-state index contributed by atoms with van der Waals surface area (Å²) in [5.41, 5.74) is 4.13. The van der Waals surface area contributed by atoms with E-state index in [1.54, 1.807) is 7.11 Å². The second-order valence-corrected chi connectivity index (χ2v) is 5.97. The average Bonchev–Trinajstić information content (AvgIpc) is 2.49. The minimum absolute atomic E-state index is 0.354. The van der Waals surface area contributed by atoms with E-state index in [0.717, 1.165) is 25.1 Å². The first-order valence-electron chi connectivity index (χ1n) is 6.91. The summed E-state index contributed by atoms with van der Waals surface area (Å²) in [7, 11) is 1.72. The van der Waals surface area contributed by atoms with Crippen LogP contribution in [0.3, 0.4) is 0 Å². The van der Waals surface area contributed by atoms with Gasteiger partial charge in [0.25, 0.3) is 0 Å². The van der Waals surface area contributed by atoms with Crippen LogP contribution >= 0.6 is 15.9 Å². The number of nitrogens with one attached hydrogen (secondary N) is 1. The zero-order chi connectivity index (χ0) is 13.9. The Hall–Kier alpha value is -1.32. The molecule has 0 radical (unpaired) electrons. The van der Waals surface area contributed by atoms with Crippen molar-refractivity contribution in [2.75, 3.05) is 13.7 Å². The Morgan fingerprint density at radius 2 is 2.10 bits per heavy atom. The van der Waals surface area contributed by atoms with E-state index in [1.807, 2.05) is 0 Å². The Morgan fingerprint density at radius 3 is 2.90 bits per heavy atom. The smallest absolute Gasteiger partial charge is 0.119 e. The van der Waals surface area contributed by atoms with Gasteiger partial charge in [-0.1, -0.05) is 40.2 Å². The SMILES string of the molecule is COc1ccc2c(c1)C(Cc1ccccc1Br)NCC2. The Kier molecular flexibility index (Phi) is 4.08. The zero-order valence-corrected chi connectivity index (χ0v) is 13.1. The Labute approximate surface area is 128 Å². The highest BCUT2D eigenvalue weighted by molar-refractivity contribution is 9.10. The fourth-order valence-corrected chi connectivity index (χ4v) is 3.26. The average molecular weight is 332 g/mol. The van der Waals surface area contributed by atoms with Crippen LogP contribution in [0.2, 0.25) is 0 Å². The molecule has 0 aliphatic carbocycles. The minimum atomic E-state index is 0.354. The minimum Gasteiger partial charge on any atom is -0.497 e. The van der Waals surface area contributed by atoms with Gasteiger partial charge in [-0.25, -0.2) is 0 Å². The van der Waals surface area contributed by atoms with Crippen LogP contribution in [0.25, 0.3) is 0 Å². The molecule has 1 N–H and O–H groups in total. The molecule has 1 aliphatic heterocycles. The van der Waals surface area contributed by atoms with E-state index in [1.165, 1.54) is 21.2 Å². The van der Waals surface area contributed by atoms with Crippen molar-refractivity contribution in [3.63, 3.8) is 0 Å². The van der Waals surface area contributed by atoms with Crippen molar-refractivity contribution in [3.05, 3.63) is 63.6 Å². The lowest BCUT2D eigenvalue weighted by Crippen LogP contribution is -2.31. The Bertz CT molecular complexity index is 612. The van der Waals surface area contributed by atoms with Gasteiger partial charge in [0.1, 0.15) is 5.75 Å². The standard InChI is InChI=1S/C17H18BrNO/c1-20-14-7-6-12-8-9-19-17(15(12)11-14)10-13-4-2-3-5-16(13)18/h2-7,11,17,19H,8-10H2,1H3. The molecule has 1 aliphatic rings. The maximum Gasteiger partial charge on any atom is 0.119 e. The molecule has 2 aromatic rings. The number of halogens is 1. The van der Waals surface area contributed by atoms with Gasteiger partial charge in [-0.05, 0) is 54.3 Å². The van der Waals surface area contributed by atoms with Crippen LogP contribution in [0, 0.1) is 0 Å². The number of ether oxygens (including phenoxy) is 1. The molecule has 0 bridgehead atoms. The zero-order valence-electron chi connectivity index (χ0n) is 11.5. The molecule has 0 aromatic heterocycles. The molecule has 0 amide bonds. The van der Waals surface area contributed by atoms with Gasteiger partial charge in [0, 0.05) is 10.5 Å². The fraction of sp³-hybridized carbons (Fsp3) is 0.294. The van der Waals surface area contributed by atoms with Crippen LogP contribution in [0.5, 0.6) is 5.75 Å². The first kappa shape index (κ1) is 13.7. The van der Waals surface area contributed by atoms with Gasteiger partial charge in [0.15, 0.2) is 0 Å². The lowest BCUT2D eigenvalue weighted by atomic mass is 9.90. The summed E-state index contributed by atoms with van der Waals surface area (Å²) in [4.78, 5) is 0. The van der Waals surface area contributed by atoms with Gasteiger partial charge in [0.05, 0.1) is 7.11 Å². The maximum absolute atomic E-state index is 5.37. The van der Waals surface area contributed by atoms with Crippen LogP contribution in [0.4, 0.5) is 0 Å². The lowest BCUT2D eigenvalue weighted by molar-refractivity contribution is 0.411. The summed E-state index contributed by atoms with van der Waals surface area (Å²) in [6.45, 7) is 1.04. The molecular formula is C17H18BrNO. The second kappa shape index (κ2) is 5.98. The number of rotatable bonds is 3. The molecule has 1 unspecified atom stereocenters. The van der Waals surface area contributed by atoms with Crippen molar-refractivity contribution in [2.24, 2.45) is 0 Å². The molecule has 0 fully saturated rings. The molecule has 0 saturated heterocycles. The monoisotopic (exact) mass is 331 g/mol. The molecule has 3 rings (SSSR count). The summed E-state index contributed by atoms with van der Waals surface area (Å²) < 4.78 is 6.54. The number of benzene rings is 2. The van der Waals surface area contributed by atoms with Crippen LogP contribution in [-0.2, 0) is 12.8 Å². The predicted octanol–water partition coefficient (Wildman–Crippen LogP) is 3.89. The van der Waals surface area contributed by atoms with Crippen LogP contribution < -0.4 is 10.1 Å². The molecule has 1 atom stereocenters. The van der Waals surface area contributed by atoms with E-state index in [-0.39, 0.29) is 0 Å². The van der Waals surface area contributed by atoms with Gasteiger partial charge in [-0.2, -0.15) is 0 Å². The van der Waals surface area contributed by atoms with Crippen LogP contribution in [-0.4, -0.2) is 13.7 Å². The lowest BCUT2D eigenvalue weighted by Gasteiger charge is -2.28. The first-order valence-corrected chi connectivity index (χ1v) is 7.71. The highest BCUT2D eigenvalue weighted by Crippen LogP contribution is 2.31. The molecule has 3 heteroatoms. The quantitative estimate of drug-likeness (QED) is 0.921. The summed E-state index contributed by atoms with van der Waals surface area (Å²) in [6, 6.07) is 15.2. The first-order chi connectivity index (χ1) is 9.78. The number of fused-ring (bicyclic) bond motifs is 1.